The Bertz CT molecular complexity index is 1000. The number of ketones is 1. The summed E-state index contributed by atoms with van der Waals surface area (Å²) in [5.74, 6) is -0.899. The first-order valence-corrected chi connectivity index (χ1v) is 8.67. The summed E-state index contributed by atoms with van der Waals surface area (Å²) < 4.78 is 5.07. The van der Waals surface area contributed by atoms with Gasteiger partial charge in [-0.05, 0) is 30.8 Å². The van der Waals surface area contributed by atoms with Crippen molar-refractivity contribution in [3.63, 3.8) is 0 Å². The summed E-state index contributed by atoms with van der Waals surface area (Å²) in [4.78, 5) is 23.8. The fraction of sp³-hybridized carbons (Fsp3) is 0.158. The molecule has 3 N–H and O–H groups in total. The van der Waals surface area contributed by atoms with E-state index < -0.39 is 22.4 Å². The van der Waals surface area contributed by atoms with E-state index in [1.807, 2.05) is 0 Å². The topological polar surface area (TPSA) is 114 Å². The molecule has 28 heavy (non-hydrogen) atoms. The third kappa shape index (κ3) is 3.52. The normalized spacial score (nSPS) is 16.2. The molecule has 0 saturated carbocycles. The van der Waals surface area contributed by atoms with Crippen molar-refractivity contribution >= 4 is 28.8 Å². The Kier molecular flexibility index (Phi) is 5.27. The summed E-state index contributed by atoms with van der Waals surface area (Å²) in [6.07, 6.45) is 0. The van der Waals surface area contributed by atoms with Crippen molar-refractivity contribution in [3.05, 3.63) is 75.0 Å². The number of thiocarbonyl (C=S) groups is 1. The standard InChI is InChI=1S/C19H17N3O5S/c1-10-15(17(23)11-6-4-3-5-7-11)16(21-19(28)20-10)12-8-13(22(25)26)18(24)14(9-12)27-2/h3-9,16,24H,1-2H3,(H2,20,21,28). The van der Waals surface area contributed by atoms with E-state index in [0.29, 0.717) is 22.4 Å². The van der Waals surface area contributed by atoms with Gasteiger partial charge in [0, 0.05) is 22.9 Å². The van der Waals surface area contributed by atoms with Gasteiger partial charge in [-0.1, -0.05) is 30.3 Å². The maximum absolute atomic E-state index is 13.1. The van der Waals surface area contributed by atoms with Gasteiger partial charge in [0.2, 0.25) is 5.75 Å². The fourth-order valence-electron chi connectivity index (χ4n) is 3.07. The highest BCUT2D eigenvalue weighted by Gasteiger charge is 2.33. The second kappa shape index (κ2) is 7.65. The molecule has 144 valence electrons. The molecule has 1 aliphatic rings. The molecule has 0 bridgehead atoms. The van der Waals surface area contributed by atoms with Crippen LogP contribution in [-0.2, 0) is 0 Å². The van der Waals surface area contributed by atoms with Gasteiger partial charge in [-0.2, -0.15) is 0 Å². The van der Waals surface area contributed by atoms with E-state index in [9.17, 15) is 20.0 Å². The van der Waals surface area contributed by atoms with Crippen LogP contribution in [0.2, 0.25) is 0 Å². The van der Waals surface area contributed by atoms with Crippen LogP contribution in [0, 0.1) is 10.1 Å². The van der Waals surface area contributed by atoms with Gasteiger partial charge in [0.05, 0.1) is 18.1 Å². The Morgan fingerprint density at radius 3 is 2.57 bits per heavy atom. The van der Waals surface area contributed by atoms with Crippen molar-refractivity contribution < 1.29 is 19.6 Å². The van der Waals surface area contributed by atoms with Crippen molar-refractivity contribution in [2.75, 3.05) is 7.11 Å². The summed E-state index contributed by atoms with van der Waals surface area (Å²) >= 11 is 5.21. The molecule has 0 saturated heterocycles. The number of nitrogens with zero attached hydrogens (tertiary/aromatic N) is 1. The summed E-state index contributed by atoms with van der Waals surface area (Å²) in [7, 11) is 1.29. The average Bonchev–Trinajstić information content (AvgIpc) is 2.67. The van der Waals surface area contributed by atoms with Crippen LogP contribution in [-0.4, -0.2) is 28.0 Å². The van der Waals surface area contributed by atoms with Gasteiger partial charge in [-0.15, -0.1) is 0 Å². The molecule has 0 aromatic heterocycles. The lowest BCUT2D eigenvalue weighted by atomic mass is 9.89. The number of phenolic OH excluding ortho intramolecular Hbond substituents is 1. The number of carbonyl (C=O) groups is 1. The summed E-state index contributed by atoms with van der Waals surface area (Å²) in [5.41, 5.74) is 1.21. The number of phenols is 1. The summed E-state index contributed by atoms with van der Waals surface area (Å²) in [5, 5.41) is 27.6. The van der Waals surface area contributed by atoms with E-state index in [4.69, 9.17) is 17.0 Å². The number of hydrogen-bond donors (Lipinski definition) is 3. The molecular formula is C19H17N3O5S. The van der Waals surface area contributed by atoms with Gasteiger partial charge in [0.25, 0.3) is 0 Å². The molecular weight excluding hydrogens is 382 g/mol. The number of rotatable bonds is 5. The number of ether oxygens (including phenoxy) is 1. The molecule has 2 aromatic rings. The zero-order valence-corrected chi connectivity index (χ0v) is 15.9. The van der Waals surface area contributed by atoms with E-state index in [-0.39, 0.29) is 16.6 Å². The predicted octanol–water partition coefficient (Wildman–Crippen LogP) is 2.98. The van der Waals surface area contributed by atoms with E-state index in [1.54, 1.807) is 37.3 Å². The number of nitro groups is 1. The summed E-state index contributed by atoms with van der Waals surface area (Å²) in [6, 6.07) is 10.6. The van der Waals surface area contributed by atoms with Crippen molar-refractivity contribution in [3.8, 4) is 11.5 Å². The van der Waals surface area contributed by atoms with Crippen molar-refractivity contribution in [2.45, 2.75) is 13.0 Å². The van der Waals surface area contributed by atoms with Crippen LogP contribution in [0.5, 0.6) is 11.5 Å². The second-order valence-electron chi connectivity index (χ2n) is 6.11. The van der Waals surface area contributed by atoms with E-state index in [2.05, 4.69) is 10.6 Å². The molecule has 1 atom stereocenters. The molecule has 0 radical (unpaired) electrons. The second-order valence-corrected chi connectivity index (χ2v) is 6.52. The quantitative estimate of drug-likeness (QED) is 0.304. The largest absolute Gasteiger partial charge is 0.500 e. The molecule has 1 aliphatic heterocycles. The van der Waals surface area contributed by atoms with Crippen LogP contribution < -0.4 is 15.4 Å². The number of allylic oxidation sites excluding steroid dienone is 1. The zero-order chi connectivity index (χ0) is 20.4. The van der Waals surface area contributed by atoms with Gasteiger partial charge < -0.3 is 20.5 Å². The maximum atomic E-state index is 13.1. The van der Waals surface area contributed by atoms with Crippen LogP contribution in [0.15, 0.2) is 53.7 Å². The van der Waals surface area contributed by atoms with Crippen molar-refractivity contribution in [1.82, 2.24) is 10.6 Å². The van der Waals surface area contributed by atoms with E-state index >= 15 is 0 Å². The maximum Gasteiger partial charge on any atom is 0.315 e. The Hall–Kier alpha value is -3.46. The predicted molar refractivity (Wildman–Crippen MR) is 106 cm³/mol. The van der Waals surface area contributed by atoms with E-state index in [1.165, 1.54) is 19.2 Å². The average molecular weight is 399 g/mol. The van der Waals surface area contributed by atoms with Crippen LogP contribution >= 0.6 is 12.2 Å². The fourth-order valence-corrected chi connectivity index (χ4v) is 3.34. The molecule has 0 aliphatic carbocycles. The van der Waals surface area contributed by atoms with Gasteiger partial charge in [-0.25, -0.2) is 0 Å². The number of nitrogens with one attached hydrogen (secondary N) is 2. The highest BCUT2D eigenvalue weighted by atomic mass is 32.1. The Morgan fingerprint density at radius 1 is 1.29 bits per heavy atom. The minimum absolute atomic E-state index is 0.0698. The summed E-state index contributed by atoms with van der Waals surface area (Å²) in [6.45, 7) is 1.71. The third-order valence-electron chi connectivity index (χ3n) is 4.38. The molecule has 8 nitrogen and oxygen atoms in total. The lowest BCUT2D eigenvalue weighted by molar-refractivity contribution is -0.386. The number of hydrogen-bond acceptors (Lipinski definition) is 6. The SMILES string of the molecule is COc1cc(C2NC(=S)NC(C)=C2C(=O)c2ccccc2)cc([N+](=O)[O-])c1O. The molecule has 3 rings (SSSR count). The molecule has 1 heterocycles. The first kappa shape index (κ1) is 19.3. The van der Waals surface area contributed by atoms with Crippen LogP contribution in [0.1, 0.15) is 28.9 Å². The molecule has 1 unspecified atom stereocenters. The lowest BCUT2D eigenvalue weighted by Gasteiger charge is -2.30. The van der Waals surface area contributed by atoms with Crippen molar-refractivity contribution in [2.24, 2.45) is 0 Å². The Labute approximate surface area is 166 Å². The zero-order valence-electron chi connectivity index (χ0n) is 15.1. The Morgan fingerprint density at radius 2 is 1.96 bits per heavy atom. The number of Topliss-reactive ketones (excluding diaryl/α,β-unsaturated/α-hetero) is 1. The van der Waals surface area contributed by atoms with Crippen LogP contribution in [0.3, 0.4) is 0 Å². The lowest BCUT2D eigenvalue weighted by Crippen LogP contribution is -2.44. The van der Waals surface area contributed by atoms with Crippen LogP contribution in [0.25, 0.3) is 0 Å². The number of nitro benzene ring substituents is 1. The Balaban J connectivity index is 2.17. The minimum Gasteiger partial charge on any atom is -0.500 e. The highest BCUT2D eigenvalue weighted by molar-refractivity contribution is 7.80. The smallest absolute Gasteiger partial charge is 0.315 e. The number of methoxy groups -OCH3 is 1. The number of aromatic hydroxyl groups is 1. The molecule has 9 heteroatoms. The monoisotopic (exact) mass is 399 g/mol. The first-order valence-electron chi connectivity index (χ1n) is 8.26. The first-order chi connectivity index (χ1) is 13.3. The number of benzene rings is 2. The van der Waals surface area contributed by atoms with E-state index in [0.717, 1.165) is 0 Å². The number of carbonyl (C=O) groups excluding carboxylic acids is 1. The van der Waals surface area contributed by atoms with Gasteiger partial charge in [-0.3, -0.25) is 14.9 Å². The van der Waals surface area contributed by atoms with Gasteiger partial charge in [0.15, 0.2) is 16.6 Å². The molecule has 0 spiro atoms. The van der Waals surface area contributed by atoms with Gasteiger partial charge in [0.1, 0.15) is 0 Å². The molecule has 0 amide bonds. The molecule has 0 fully saturated rings. The van der Waals surface area contributed by atoms with Gasteiger partial charge >= 0.3 is 5.69 Å². The molecule has 2 aromatic carbocycles. The van der Waals surface area contributed by atoms with Crippen LogP contribution in [0.4, 0.5) is 5.69 Å². The minimum atomic E-state index is -0.755. The highest BCUT2D eigenvalue weighted by Crippen LogP contribution is 2.40. The third-order valence-corrected chi connectivity index (χ3v) is 4.60. The van der Waals surface area contributed by atoms with Crippen molar-refractivity contribution in [1.29, 1.82) is 0 Å².